The summed E-state index contributed by atoms with van der Waals surface area (Å²) in [6, 6.07) is 2.04. The molecule has 25 heavy (non-hydrogen) atoms. The van der Waals surface area contributed by atoms with Crippen molar-refractivity contribution in [1.82, 2.24) is 29.0 Å². The van der Waals surface area contributed by atoms with E-state index in [0.717, 1.165) is 16.7 Å². The molecule has 3 aromatic heterocycles. The molecule has 3 heterocycles. The topological polar surface area (TPSA) is 94.7 Å². The zero-order chi connectivity index (χ0) is 18.0. The third-order valence-corrected chi connectivity index (χ3v) is 5.03. The third-order valence-electron chi connectivity index (χ3n) is 3.75. The van der Waals surface area contributed by atoms with Crippen LogP contribution in [0.1, 0.15) is 25.5 Å². The Kier molecular flexibility index (Phi) is 4.69. The lowest BCUT2D eigenvalue weighted by molar-refractivity contribution is 0.576. The highest BCUT2D eigenvalue weighted by Crippen LogP contribution is 2.18. The van der Waals surface area contributed by atoms with Gasteiger partial charge in [0.1, 0.15) is 0 Å². The standard InChI is InChI=1S/C16H20N6O2S/c1-12(2)22-10-16(18-11-22)25(23,24)20-6-13-4-14(7-17-5-13)15-8-19-21(3)9-15/h4-5,7-12,20H,6H2,1-3H3. The Labute approximate surface area is 146 Å². The van der Waals surface area contributed by atoms with Crippen LogP contribution in [0.5, 0.6) is 0 Å². The van der Waals surface area contributed by atoms with Crippen LogP contribution in [0.4, 0.5) is 0 Å². The van der Waals surface area contributed by atoms with Gasteiger partial charge in [0.15, 0.2) is 5.03 Å². The number of nitrogens with zero attached hydrogens (tertiary/aromatic N) is 5. The molecule has 0 aliphatic heterocycles. The Bertz CT molecular complexity index is 974. The number of aryl methyl sites for hydroxylation is 1. The van der Waals surface area contributed by atoms with Gasteiger partial charge in [-0.15, -0.1) is 0 Å². The maximum atomic E-state index is 12.4. The van der Waals surface area contributed by atoms with Crippen molar-refractivity contribution in [1.29, 1.82) is 0 Å². The molecule has 1 N–H and O–H groups in total. The van der Waals surface area contributed by atoms with Gasteiger partial charge in [-0.05, 0) is 25.5 Å². The highest BCUT2D eigenvalue weighted by Gasteiger charge is 2.18. The quantitative estimate of drug-likeness (QED) is 0.722. The molecule has 3 rings (SSSR count). The molecule has 0 aliphatic rings. The molecule has 0 aliphatic carbocycles. The highest BCUT2D eigenvalue weighted by atomic mass is 32.2. The van der Waals surface area contributed by atoms with Gasteiger partial charge in [0, 0.05) is 55.5 Å². The summed E-state index contributed by atoms with van der Waals surface area (Å²) in [5.41, 5.74) is 2.57. The number of pyridine rings is 1. The van der Waals surface area contributed by atoms with Gasteiger partial charge in [-0.3, -0.25) is 9.67 Å². The third kappa shape index (κ3) is 3.94. The highest BCUT2D eigenvalue weighted by molar-refractivity contribution is 7.89. The fraction of sp³-hybridized carbons (Fsp3) is 0.312. The Morgan fingerprint density at radius 3 is 2.60 bits per heavy atom. The van der Waals surface area contributed by atoms with Crippen molar-refractivity contribution in [2.45, 2.75) is 31.5 Å². The van der Waals surface area contributed by atoms with E-state index >= 15 is 0 Å². The number of rotatable bonds is 6. The first-order valence-corrected chi connectivity index (χ1v) is 9.29. The second kappa shape index (κ2) is 6.77. The van der Waals surface area contributed by atoms with Crippen LogP contribution in [-0.2, 0) is 23.6 Å². The largest absolute Gasteiger partial charge is 0.334 e. The van der Waals surface area contributed by atoms with Gasteiger partial charge in [-0.25, -0.2) is 18.1 Å². The predicted octanol–water partition coefficient (Wildman–Crippen LogP) is 1.74. The van der Waals surface area contributed by atoms with E-state index in [9.17, 15) is 8.42 Å². The average molecular weight is 360 g/mol. The summed E-state index contributed by atoms with van der Waals surface area (Å²) in [6.07, 6.45) is 10.0. The second-order valence-electron chi connectivity index (χ2n) is 6.06. The Hall–Kier alpha value is -2.52. The molecular formula is C16H20N6O2S. The van der Waals surface area contributed by atoms with E-state index < -0.39 is 10.0 Å². The van der Waals surface area contributed by atoms with Gasteiger partial charge >= 0.3 is 0 Å². The minimum Gasteiger partial charge on any atom is -0.334 e. The Morgan fingerprint density at radius 1 is 1.16 bits per heavy atom. The van der Waals surface area contributed by atoms with Crippen molar-refractivity contribution in [2.24, 2.45) is 7.05 Å². The van der Waals surface area contributed by atoms with Crippen LogP contribution in [-0.4, -0.2) is 32.7 Å². The maximum Gasteiger partial charge on any atom is 0.259 e. The van der Waals surface area contributed by atoms with Crippen LogP contribution in [0, 0.1) is 0 Å². The molecule has 0 amide bonds. The van der Waals surface area contributed by atoms with Crippen molar-refractivity contribution < 1.29 is 8.42 Å². The number of nitrogens with one attached hydrogen (secondary N) is 1. The SMILES string of the molecule is CC(C)n1cnc(S(=O)(=O)NCc2cncc(-c3cnn(C)c3)c2)c1. The summed E-state index contributed by atoms with van der Waals surface area (Å²) in [6.45, 7) is 4.06. The monoisotopic (exact) mass is 360 g/mol. The molecule has 9 heteroatoms. The lowest BCUT2D eigenvalue weighted by Crippen LogP contribution is -2.23. The molecular weight excluding hydrogens is 340 g/mol. The lowest BCUT2D eigenvalue weighted by atomic mass is 10.1. The smallest absolute Gasteiger partial charge is 0.259 e. The van der Waals surface area contributed by atoms with Crippen LogP contribution in [0.3, 0.4) is 0 Å². The predicted molar refractivity (Wildman–Crippen MR) is 93.1 cm³/mol. The molecule has 0 aromatic carbocycles. The van der Waals surface area contributed by atoms with Crippen molar-refractivity contribution in [3.05, 3.63) is 48.9 Å². The molecule has 0 saturated carbocycles. The summed E-state index contributed by atoms with van der Waals surface area (Å²) in [7, 11) is -1.83. The molecule has 0 atom stereocenters. The number of aromatic nitrogens is 5. The number of hydrogen-bond donors (Lipinski definition) is 1. The Morgan fingerprint density at radius 2 is 1.96 bits per heavy atom. The average Bonchev–Trinajstić information content (AvgIpc) is 3.23. The summed E-state index contributed by atoms with van der Waals surface area (Å²) in [5, 5.41) is 4.14. The van der Waals surface area contributed by atoms with E-state index in [1.807, 2.05) is 33.2 Å². The van der Waals surface area contributed by atoms with E-state index in [2.05, 4.69) is 19.8 Å². The van der Waals surface area contributed by atoms with E-state index in [1.54, 1.807) is 27.8 Å². The van der Waals surface area contributed by atoms with E-state index in [1.165, 1.54) is 12.5 Å². The van der Waals surface area contributed by atoms with E-state index in [0.29, 0.717) is 0 Å². The maximum absolute atomic E-state index is 12.4. The van der Waals surface area contributed by atoms with Crippen LogP contribution in [0.2, 0.25) is 0 Å². The first-order chi connectivity index (χ1) is 11.8. The molecule has 3 aromatic rings. The van der Waals surface area contributed by atoms with Crippen molar-refractivity contribution in [3.8, 4) is 11.1 Å². The van der Waals surface area contributed by atoms with Gasteiger partial charge in [0.2, 0.25) is 0 Å². The molecule has 0 spiro atoms. The van der Waals surface area contributed by atoms with Crippen LogP contribution in [0.25, 0.3) is 11.1 Å². The summed E-state index contributed by atoms with van der Waals surface area (Å²) in [5.74, 6) is 0. The number of hydrogen-bond acceptors (Lipinski definition) is 5. The molecule has 8 nitrogen and oxygen atoms in total. The molecule has 132 valence electrons. The van der Waals surface area contributed by atoms with E-state index in [4.69, 9.17) is 0 Å². The first kappa shape index (κ1) is 17.3. The Balaban J connectivity index is 1.74. The fourth-order valence-electron chi connectivity index (χ4n) is 2.30. The summed E-state index contributed by atoms with van der Waals surface area (Å²) < 4.78 is 30.8. The lowest BCUT2D eigenvalue weighted by Gasteiger charge is -2.06. The normalized spacial score (nSPS) is 12.0. The van der Waals surface area contributed by atoms with Crippen LogP contribution >= 0.6 is 0 Å². The number of imidazole rings is 1. The van der Waals surface area contributed by atoms with Gasteiger partial charge in [0.25, 0.3) is 10.0 Å². The van der Waals surface area contributed by atoms with Gasteiger partial charge < -0.3 is 4.57 Å². The molecule has 0 bridgehead atoms. The summed E-state index contributed by atoms with van der Waals surface area (Å²) in [4.78, 5) is 8.15. The van der Waals surface area contributed by atoms with Crippen LogP contribution < -0.4 is 4.72 Å². The van der Waals surface area contributed by atoms with Crippen molar-refractivity contribution >= 4 is 10.0 Å². The van der Waals surface area contributed by atoms with Gasteiger partial charge in [-0.1, -0.05) is 0 Å². The number of sulfonamides is 1. The van der Waals surface area contributed by atoms with Gasteiger partial charge in [-0.2, -0.15) is 5.10 Å². The second-order valence-corrected chi connectivity index (χ2v) is 7.78. The van der Waals surface area contributed by atoms with Crippen molar-refractivity contribution in [2.75, 3.05) is 0 Å². The molecule has 0 radical (unpaired) electrons. The van der Waals surface area contributed by atoms with Crippen LogP contribution in [0.15, 0.2) is 48.4 Å². The van der Waals surface area contributed by atoms with Gasteiger partial charge in [0.05, 0.1) is 12.5 Å². The van der Waals surface area contributed by atoms with E-state index in [-0.39, 0.29) is 17.6 Å². The zero-order valence-electron chi connectivity index (χ0n) is 14.3. The molecule has 0 saturated heterocycles. The zero-order valence-corrected chi connectivity index (χ0v) is 15.1. The minimum absolute atomic E-state index is 0.0116. The minimum atomic E-state index is -3.67. The molecule has 0 fully saturated rings. The van der Waals surface area contributed by atoms with Crippen molar-refractivity contribution in [3.63, 3.8) is 0 Å². The summed E-state index contributed by atoms with van der Waals surface area (Å²) >= 11 is 0. The molecule has 0 unspecified atom stereocenters. The fourth-order valence-corrected chi connectivity index (χ4v) is 3.25. The first-order valence-electron chi connectivity index (χ1n) is 7.81.